The largest absolute Gasteiger partial charge is 0.467 e. The van der Waals surface area contributed by atoms with Gasteiger partial charge in [-0.2, -0.15) is 13.2 Å². The lowest BCUT2D eigenvalue weighted by Crippen LogP contribution is -2.46. The summed E-state index contributed by atoms with van der Waals surface area (Å²) < 4.78 is 46.7. The minimum atomic E-state index is -4.46. The molecule has 20 heavy (non-hydrogen) atoms. The SMILES string of the molecule is COC(=O)[C@H](C[C@@H](C)C(F)(F)F)NC(=O)OC(C)(C)C. The Balaban J connectivity index is 4.75. The fraction of sp³-hybridized carbons (Fsp3) is 0.833. The molecule has 0 heterocycles. The third kappa shape index (κ3) is 7.20. The predicted octanol–water partition coefficient (Wildman–Crippen LogP) is 2.64. The van der Waals surface area contributed by atoms with Gasteiger partial charge in [0.15, 0.2) is 0 Å². The van der Waals surface area contributed by atoms with Crippen LogP contribution < -0.4 is 5.32 Å². The molecule has 0 bridgehead atoms. The average molecular weight is 299 g/mol. The highest BCUT2D eigenvalue weighted by Crippen LogP contribution is 2.29. The van der Waals surface area contributed by atoms with Crippen LogP contribution in [0.15, 0.2) is 0 Å². The molecular formula is C12H20F3NO4. The number of ether oxygens (including phenoxy) is 2. The predicted molar refractivity (Wildman–Crippen MR) is 65.0 cm³/mol. The molecule has 0 aromatic rings. The number of amides is 1. The van der Waals surface area contributed by atoms with E-state index in [0.29, 0.717) is 0 Å². The van der Waals surface area contributed by atoms with Gasteiger partial charge in [-0.1, -0.05) is 6.92 Å². The van der Waals surface area contributed by atoms with Crippen LogP contribution >= 0.6 is 0 Å². The highest BCUT2D eigenvalue weighted by molar-refractivity contribution is 5.81. The molecule has 0 aliphatic rings. The zero-order chi connectivity index (χ0) is 16.1. The van der Waals surface area contributed by atoms with Gasteiger partial charge < -0.3 is 14.8 Å². The maximum atomic E-state index is 12.5. The Labute approximate surface area is 115 Å². The van der Waals surface area contributed by atoms with Gasteiger partial charge in [0.25, 0.3) is 0 Å². The first-order chi connectivity index (χ1) is 8.86. The van der Waals surface area contributed by atoms with Gasteiger partial charge in [-0.15, -0.1) is 0 Å². The molecule has 1 N–H and O–H groups in total. The summed E-state index contributed by atoms with van der Waals surface area (Å²) in [5, 5.41) is 2.09. The van der Waals surface area contributed by atoms with Crippen molar-refractivity contribution < 1.29 is 32.2 Å². The van der Waals surface area contributed by atoms with Crippen molar-refractivity contribution in [2.45, 2.75) is 51.9 Å². The Kier molecular flexibility index (Phi) is 6.31. The molecule has 0 fully saturated rings. The van der Waals surface area contributed by atoms with Gasteiger partial charge in [0, 0.05) is 0 Å². The standard InChI is InChI=1S/C12H20F3NO4/c1-7(12(13,14)15)6-8(9(17)19-5)16-10(18)20-11(2,3)4/h7-8H,6H2,1-5H3,(H,16,18)/t7-,8+/m1/s1. The monoisotopic (exact) mass is 299 g/mol. The van der Waals surface area contributed by atoms with Crippen molar-refractivity contribution in [1.82, 2.24) is 5.32 Å². The molecule has 0 radical (unpaired) electrons. The van der Waals surface area contributed by atoms with Crippen LogP contribution in [0.3, 0.4) is 0 Å². The van der Waals surface area contributed by atoms with Gasteiger partial charge >= 0.3 is 18.2 Å². The summed E-state index contributed by atoms with van der Waals surface area (Å²) in [5.74, 6) is -2.71. The molecule has 2 atom stereocenters. The van der Waals surface area contributed by atoms with Crippen LogP contribution in [0.25, 0.3) is 0 Å². The third-order valence-corrected chi connectivity index (χ3v) is 2.32. The Morgan fingerprint density at radius 2 is 1.70 bits per heavy atom. The zero-order valence-corrected chi connectivity index (χ0v) is 12.1. The van der Waals surface area contributed by atoms with E-state index in [2.05, 4.69) is 10.1 Å². The van der Waals surface area contributed by atoms with Crippen LogP contribution in [0.4, 0.5) is 18.0 Å². The van der Waals surface area contributed by atoms with Crippen LogP contribution in [-0.4, -0.2) is 37.0 Å². The van der Waals surface area contributed by atoms with Crippen LogP contribution in [0.2, 0.25) is 0 Å². The molecule has 118 valence electrons. The molecule has 0 aliphatic carbocycles. The lowest BCUT2D eigenvalue weighted by atomic mass is 10.0. The summed E-state index contributed by atoms with van der Waals surface area (Å²) in [4.78, 5) is 22.9. The number of halogens is 3. The van der Waals surface area contributed by atoms with E-state index < -0.39 is 42.2 Å². The first-order valence-electron chi connectivity index (χ1n) is 6.01. The van der Waals surface area contributed by atoms with Gasteiger partial charge in [-0.05, 0) is 27.2 Å². The quantitative estimate of drug-likeness (QED) is 0.811. The molecule has 0 spiro atoms. The number of hydrogen-bond donors (Lipinski definition) is 1. The number of rotatable bonds is 4. The van der Waals surface area contributed by atoms with E-state index in [4.69, 9.17) is 4.74 Å². The number of carbonyl (C=O) groups excluding carboxylic acids is 2. The van der Waals surface area contributed by atoms with Crippen LogP contribution in [0, 0.1) is 5.92 Å². The molecule has 0 aromatic heterocycles. The third-order valence-electron chi connectivity index (χ3n) is 2.32. The summed E-state index contributed by atoms with van der Waals surface area (Å²) in [6.07, 6.45) is -6.04. The van der Waals surface area contributed by atoms with Crippen molar-refractivity contribution in [2.24, 2.45) is 5.92 Å². The molecule has 5 nitrogen and oxygen atoms in total. The number of hydrogen-bond acceptors (Lipinski definition) is 4. The highest BCUT2D eigenvalue weighted by Gasteiger charge is 2.39. The van der Waals surface area contributed by atoms with Gasteiger partial charge in [0.2, 0.25) is 0 Å². The topological polar surface area (TPSA) is 64.6 Å². The maximum absolute atomic E-state index is 12.5. The molecule has 0 unspecified atom stereocenters. The Bertz CT molecular complexity index is 350. The first kappa shape index (κ1) is 18.5. The molecule has 0 saturated carbocycles. The summed E-state index contributed by atoms with van der Waals surface area (Å²) in [6.45, 7) is 5.71. The van der Waals surface area contributed by atoms with Gasteiger partial charge in [-0.25, -0.2) is 9.59 Å². The van der Waals surface area contributed by atoms with Crippen molar-refractivity contribution >= 4 is 12.1 Å². The summed E-state index contributed by atoms with van der Waals surface area (Å²) >= 11 is 0. The van der Waals surface area contributed by atoms with E-state index in [1.165, 1.54) is 0 Å². The van der Waals surface area contributed by atoms with Crippen molar-refractivity contribution in [3.8, 4) is 0 Å². The highest BCUT2D eigenvalue weighted by atomic mass is 19.4. The lowest BCUT2D eigenvalue weighted by molar-refractivity contribution is -0.174. The van der Waals surface area contributed by atoms with Crippen LogP contribution in [-0.2, 0) is 14.3 Å². The number of nitrogens with one attached hydrogen (secondary N) is 1. The molecule has 0 rings (SSSR count). The number of alkyl carbamates (subject to hydrolysis) is 1. The van der Waals surface area contributed by atoms with Gasteiger partial charge in [-0.3, -0.25) is 0 Å². The van der Waals surface area contributed by atoms with Crippen LogP contribution in [0.5, 0.6) is 0 Å². The van der Waals surface area contributed by atoms with Crippen molar-refractivity contribution in [3.05, 3.63) is 0 Å². The smallest absolute Gasteiger partial charge is 0.408 e. The molecule has 0 saturated heterocycles. The van der Waals surface area contributed by atoms with Crippen molar-refractivity contribution in [3.63, 3.8) is 0 Å². The second-order valence-corrected chi connectivity index (χ2v) is 5.40. The van der Waals surface area contributed by atoms with Gasteiger partial charge in [0.1, 0.15) is 11.6 Å². The Hall–Kier alpha value is -1.47. The summed E-state index contributed by atoms with van der Waals surface area (Å²) in [6, 6.07) is -1.41. The molecular weight excluding hydrogens is 279 g/mol. The van der Waals surface area contributed by atoms with Gasteiger partial charge in [0.05, 0.1) is 13.0 Å². The minimum absolute atomic E-state index is 0.616. The molecule has 8 heteroatoms. The number of esters is 1. The fourth-order valence-electron chi connectivity index (χ4n) is 1.29. The van der Waals surface area contributed by atoms with Crippen molar-refractivity contribution in [1.29, 1.82) is 0 Å². The number of methoxy groups -OCH3 is 1. The Morgan fingerprint density at radius 1 is 1.20 bits per heavy atom. The van der Waals surface area contributed by atoms with E-state index >= 15 is 0 Å². The number of alkyl halides is 3. The van der Waals surface area contributed by atoms with Crippen molar-refractivity contribution in [2.75, 3.05) is 7.11 Å². The normalized spacial score (nSPS) is 15.2. The summed E-state index contributed by atoms with van der Waals surface area (Å²) in [5.41, 5.74) is -0.819. The Morgan fingerprint density at radius 3 is 2.05 bits per heavy atom. The molecule has 0 aliphatic heterocycles. The maximum Gasteiger partial charge on any atom is 0.408 e. The molecule has 0 aromatic carbocycles. The second kappa shape index (κ2) is 6.81. The summed E-state index contributed by atoms with van der Waals surface area (Å²) in [7, 11) is 1.03. The average Bonchev–Trinajstić information content (AvgIpc) is 2.22. The molecule has 1 amide bonds. The van der Waals surface area contributed by atoms with E-state index in [1.54, 1.807) is 20.8 Å². The van der Waals surface area contributed by atoms with E-state index in [0.717, 1.165) is 14.0 Å². The minimum Gasteiger partial charge on any atom is -0.467 e. The fourth-order valence-corrected chi connectivity index (χ4v) is 1.29. The lowest BCUT2D eigenvalue weighted by Gasteiger charge is -2.24. The first-order valence-corrected chi connectivity index (χ1v) is 6.01. The van der Waals surface area contributed by atoms with E-state index in [9.17, 15) is 22.8 Å². The van der Waals surface area contributed by atoms with E-state index in [1.807, 2.05) is 0 Å². The van der Waals surface area contributed by atoms with E-state index in [-0.39, 0.29) is 0 Å². The number of carbonyl (C=O) groups is 2. The second-order valence-electron chi connectivity index (χ2n) is 5.40. The van der Waals surface area contributed by atoms with Crippen LogP contribution in [0.1, 0.15) is 34.1 Å². The zero-order valence-electron chi connectivity index (χ0n) is 12.1.